The third kappa shape index (κ3) is 3.92. The molecule has 3 aromatic carbocycles. The Morgan fingerprint density at radius 2 is 1.29 bits per heavy atom. The molecule has 3 aromatic rings. The molecule has 1 aliphatic heterocycles. The van der Waals surface area contributed by atoms with Gasteiger partial charge < -0.3 is 5.11 Å². The van der Waals surface area contributed by atoms with E-state index in [1.54, 1.807) is 18.2 Å². The average molecular weight is 439 g/mol. The predicted octanol–water partition coefficient (Wildman–Crippen LogP) is 4.45. The van der Waals surface area contributed by atoms with Gasteiger partial charge in [-0.1, -0.05) is 77.9 Å². The molecule has 1 N–H and O–H groups in total. The van der Waals surface area contributed by atoms with Crippen LogP contribution in [0.1, 0.15) is 35.6 Å². The standard InChI is InChI=1S/C25H26O5S/c1-18-9-13-20(14-10-18)25(21-15-11-19(2)12-16-21)17-23(24(3,26)29-30-25)31(27,28)22-7-5-4-6-8-22/h4-16,23,26H,17H2,1-3H3. The summed E-state index contributed by atoms with van der Waals surface area (Å²) in [5.74, 6) is -2.02. The monoisotopic (exact) mass is 438 g/mol. The summed E-state index contributed by atoms with van der Waals surface area (Å²) in [6, 6.07) is 23.5. The van der Waals surface area contributed by atoms with Gasteiger partial charge >= 0.3 is 0 Å². The van der Waals surface area contributed by atoms with E-state index in [1.165, 1.54) is 19.1 Å². The van der Waals surface area contributed by atoms with Crippen LogP contribution in [0.4, 0.5) is 0 Å². The Hall–Kier alpha value is -2.51. The summed E-state index contributed by atoms with van der Waals surface area (Å²) in [4.78, 5) is 11.5. The number of hydrogen-bond acceptors (Lipinski definition) is 5. The quantitative estimate of drug-likeness (QED) is 0.610. The first-order valence-electron chi connectivity index (χ1n) is 10.2. The maximum absolute atomic E-state index is 13.6. The number of aliphatic hydroxyl groups is 1. The van der Waals surface area contributed by atoms with Crippen LogP contribution in [-0.4, -0.2) is 24.6 Å². The number of sulfone groups is 1. The number of rotatable bonds is 4. The van der Waals surface area contributed by atoms with Gasteiger partial charge in [0.25, 0.3) is 0 Å². The molecular formula is C25H26O5S. The molecule has 6 heteroatoms. The van der Waals surface area contributed by atoms with Gasteiger partial charge in [0.2, 0.25) is 5.79 Å². The van der Waals surface area contributed by atoms with E-state index < -0.39 is 26.5 Å². The normalized spacial score (nSPS) is 23.4. The second-order valence-corrected chi connectivity index (χ2v) is 10.5. The zero-order chi connectivity index (χ0) is 22.3. The van der Waals surface area contributed by atoms with Crippen molar-refractivity contribution < 1.29 is 23.3 Å². The first-order valence-corrected chi connectivity index (χ1v) is 11.7. The van der Waals surface area contributed by atoms with Crippen LogP contribution in [0.25, 0.3) is 0 Å². The Kier molecular flexibility index (Phi) is 5.52. The smallest absolute Gasteiger partial charge is 0.213 e. The van der Waals surface area contributed by atoms with E-state index in [0.717, 1.165) is 22.3 Å². The van der Waals surface area contributed by atoms with E-state index in [9.17, 15) is 13.5 Å². The Bertz CT molecular complexity index is 1110. The Labute approximate surface area is 183 Å². The van der Waals surface area contributed by atoms with Gasteiger partial charge in [-0.15, -0.1) is 0 Å². The summed E-state index contributed by atoms with van der Waals surface area (Å²) in [5.41, 5.74) is 2.45. The predicted molar refractivity (Wildman–Crippen MR) is 118 cm³/mol. The summed E-state index contributed by atoms with van der Waals surface area (Å²) in [6.45, 7) is 5.29. The molecule has 1 fully saturated rings. The molecule has 0 saturated carbocycles. The zero-order valence-corrected chi connectivity index (χ0v) is 18.6. The van der Waals surface area contributed by atoms with Crippen LogP contribution in [0.3, 0.4) is 0 Å². The third-order valence-corrected chi connectivity index (χ3v) is 8.19. The van der Waals surface area contributed by atoms with Gasteiger partial charge in [0.1, 0.15) is 5.25 Å². The average Bonchev–Trinajstić information content (AvgIpc) is 2.76. The summed E-state index contributed by atoms with van der Waals surface area (Å²) >= 11 is 0. The van der Waals surface area contributed by atoms with Crippen molar-refractivity contribution in [3.8, 4) is 0 Å². The van der Waals surface area contributed by atoms with Gasteiger partial charge in [0.15, 0.2) is 15.4 Å². The molecule has 5 nitrogen and oxygen atoms in total. The lowest BCUT2D eigenvalue weighted by molar-refractivity contribution is -0.475. The van der Waals surface area contributed by atoms with E-state index in [2.05, 4.69) is 0 Å². The number of aryl methyl sites for hydroxylation is 2. The molecule has 2 unspecified atom stereocenters. The molecule has 0 bridgehead atoms. The summed E-state index contributed by atoms with van der Waals surface area (Å²) in [5, 5.41) is 9.67. The Balaban J connectivity index is 1.88. The lowest BCUT2D eigenvalue weighted by Crippen LogP contribution is -2.56. The SMILES string of the molecule is Cc1ccc(C2(c3ccc(C)cc3)CC(S(=O)(=O)c3ccccc3)C(C)(O)OO2)cc1. The van der Waals surface area contributed by atoms with E-state index in [-0.39, 0.29) is 11.3 Å². The van der Waals surface area contributed by atoms with E-state index >= 15 is 0 Å². The number of benzene rings is 3. The summed E-state index contributed by atoms with van der Waals surface area (Å²) in [7, 11) is -3.93. The first kappa shape index (κ1) is 21.7. The van der Waals surface area contributed by atoms with Crippen LogP contribution in [-0.2, 0) is 25.2 Å². The maximum Gasteiger partial charge on any atom is 0.213 e. The van der Waals surface area contributed by atoms with Gasteiger partial charge in [0.05, 0.1) is 4.90 Å². The van der Waals surface area contributed by atoms with E-state index in [1.807, 2.05) is 62.4 Å². The topological polar surface area (TPSA) is 72.8 Å². The highest BCUT2D eigenvalue weighted by Crippen LogP contribution is 2.47. The van der Waals surface area contributed by atoms with Crippen LogP contribution >= 0.6 is 0 Å². The van der Waals surface area contributed by atoms with Crippen molar-refractivity contribution >= 4 is 9.84 Å². The fourth-order valence-electron chi connectivity index (χ4n) is 4.01. The van der Waals surface area contributed by atoms with Crippen molar-refractivity contribution in [3.63, 3.8) is 0 Å². The molecule has 4 rings (SSSR count). The maximum atomic E-state index is 13.6. The molecule has 162 valence electrons. The van der Waals surface area contributed by atoms with Crippen LogP contribution in [0.15, 0.2) is 83.8 Å². The second kappa shape index (κ2) is 7.88. The largest absolute Gasteiger partial charge is 0.362 e. The molecule has 1 heterocycles. The van der Waals surface area contributed by atoms with Crippen LogP contribution in [0.5, 0.6) is 0 Å². The fourth-order valence-corrected chi connectivity index (χ4v) is 5.94. The minimum atomic E-state index is -3.93. The van der Waals surface area contributed by atoms with Crippen LogP contribution in [0, 0.1) is 13.8 Å². The van der Waals surface area contributed by atoms with E-state index in [4.69, 9.17) is 9.78 Å². The van der Waals surface area contributed by atoms with Gasteiger partial charge in [-0.3, -0.25) is 0 Å². The van der Waals surface area contributed by atoms with Gasteiger partial charge in [-0.2, -0.15) is 4.89 Å². The molecule has 0 radical (unpaired) electrons. The van der Waals surface area contributed by atoms with Gasteiger partial charge in [-0.25, -0.2) is 13.3 Å². The van der Waals surface area contributed by atoms with Crippen molar-refractivity contribution in [2.45, 2.75) is 48.7 Å². The van der Waals surface area contributed by atoms with Crippen LogP contribution in [0.2, 0.25) is 0 Å². The second-order valence-electron chi connectivity index (χ2n) is 8.33. The molecule has 0 aromatic heterocycles. The zero-order valence-electron chi connectivity index (χ0n) is 17.8. The minimum Gasteiger partial charge on any atom is -0.362 e. The van der Waals surface area contributed by atoms with Crippen molar-refractivity contribution in [3.05, 3.63) is 101 Å². The highest BCUT2D eigenvalue weighted by Gasteiger charge is 2.56. The lowest BCUT2D eigenvalue weighted by atomic mass is 9.80. The third-order valence-electron chi connectivity index (χ3n) is 5.90. The molecule has 0 spiro atoms. The van der Waals surface area contributed by atoms with Gasteiger partial charge in [0, 0.05) is 6.42 Å². The summed E-state index contributed by atoms with van der Waals surface area (Å²) < 4.78 is 27.1. The van der Waals surface area contributed by atoms with Crippen molar-refractivity contribution in [2.75, 3.05) is 0 Å². The highest BCUT2D eigenvalue weighted by molar-refractivity contribution is 7.92. The molecule has 1 saturated heterocycles. The molecule has 0 aliphatic carbocycles. The molecule has 2 atom stereocenters. The molecule has 0 amide bonds. The summed E-state index contributed by atoms with van der Waals surface area (Å²) in [6.07, 6.45) is -0.0106. The van der Waals surface area contributed by atoms with Crippen molar-refractivity contribution in [1.29, 1.82) is 0 Å². The van der Waals surface area contributed by atoms with Crippen molar-refractivity contribution in [2.24, 2.45) is 0 Å². The fraction of sp³-hybridized carbons (Fsp3) is 0.280. The molecule has 31 heavy (non-hydrogen) atoms. The minimum absolute atomic E-state index is 0.0106. The Morgan fingerprint density at radius 1 is 0.806 bits per heavy atom. The van der Waals surface area contributed by atoms with Crippen molar-refractivity contribution in [1.82, 2.24) is 0 Å². The van der Waals surface area contributed by atoms with Crippen LogP contribution < -0.4 is 0 Å². The van der Waals surface area contributed by atoms with E-state index in [0.29, 0.717) is 0 Å². The molecular weight excluding hydrogens is 412 g/mol. The number of hydrogen-bond donors (Lipinski definition) is 1. The van der Waals surface area contributed by atoms with Gasteiger partial charge in [-0.05, 0) is 44.0 Å². The first-order chi connectivity index (χ1) is 14.6. The Morgan fingerprint density at radius 3 is 1.77 bits per heavy atom. The molecule has 1 aliphatic rings. The highest BCUT2D eigenvalue weighted by atomic mass is 32.2. The lowest BCUT2D eigenvalue weighted by Gasteiger charge is -2.45.